The van der Waals surface area contributed by atoms with E-state index in [-0.39, 0.29) is 5.82 Å². The van der Waals surface area contributed by atoms with Gasteiger partial charge in [-0.1, -0.05) is 12.1 Å². The fraction of sp³-hybridized carbons (Fsp3) is 0.125. The molecule has 2 aromatic heterocycles. The largest absolute Gasteiger partial charge is 0.477 e. The first-order valence-corrected chi connectivity index (χ1v) is 7.52. The summed E-state index contributed by atoms with van der Waals surface area (Å²) in [6, 6.07) is 9.27. The van der Waals surface area contributed by atoms with Crippen molar-refractivity contribution in [2.75, 3.05) is 11.9 Å². The van der Waals surface area contributed by atoms with Gasteiger partial charge in [0.1, 0.15) is 11.4 Å². The van der Waals surface area contributed by atoms with E-state index >= 15 is 0 Å². The van der Waals surface area contributed by atoms with Crippen LogP contribution < -0.4 is 10.5 Å². The van der Waals surface area contributed by atoms with Gasteiger partial charge in [-0.3, -0.25) is 0 Å². The lowest BCUT2D eigenvalue weighted by Crippen LogP contribution is -2.14. The molecule has 0 bridgehead atoms. The average Bonchev–Trinajstić information content (AvgIpc) is 2.89. The van der Waals surface area contributed by atoms with E-state index < -0.39 is 17.2 Å². The second kappa shape index (κ2) is 5.85. The number of carbonyl (C=O) groups is 1. The van der Waals surface area contributed by atoms with Crippen molar-refractivity contribution < 1.29 is 18.7 Å². The fourth-order valence-corrected chi connectivity index (χ4v) is 3.21. The summed E-state index contributed by atoms with van der Waals surface area (Å²) in [6.07, 6.45) is 0. The topological polar surface area (TPSA) is 70.8 Å². The molecule has 0 saturated carbocycles. The number of nitrogens with zero attached hydrogens (tertiary/aromatic N) is 1. The van der Waals surface area contributed by atoms with E-state index in [9.17, 15) is 14.0 Å². The molecule has 0 aliphatic rings. The lowest BCUT2D eigenvalue weighted by Gasteiger charge is -2.16. The van der Waals surface area contributed by atoms with Gasteiger partial charge in [-0.05, 0) is 23.8 Å². The van der Waals surface area contributed by atoms with Gasteiger partial charge in [0.15, 0.2) is 5.58 Å². The lowest BCUT2D eigenvalue weighted by atomic mass is 10.2. The third-order valence-electron chi connectivity index (χ3n) is 3.33. The Morgan fingerprint density at radius 2 is 2.13 bits per heavy atom. The van der Waals surface area contributed by atoms with Crippen molar-refractivity contribution >= 4 is 32.6 Å². The summed E-state index contributed by atoms with van der Waals surface area (Å²) >= 11 is 1.31. The Morgan fingerprint density at radius 1 is 1.35 bits per heavy atom. The minimum atomic E-state index is -1.32. The van der Waals surface area contributed by atoms with Gasteiger partial charge in [0.2, 0.25) is 0 Å². The fourth-order valence-electron chi connectivity index (χ4n) is 2.23. The van der Waals surface area contributed by atoms with Crippen LogP contribution in [-0.4, -0.2) is 18.1 Å². The van der Waals surface area contributed by atoms with Crippen molar-refractivity contribution in [2.24, 2.45) is 0 Å². The maximum Gasteiger partial charge on any atom is 0.351 e. The highest BCUT2D eigenvalue weighted by atomic mass is 32.1. The molecule has 1 aromatic carbocycles. The highest BCUT2D eigenvalue weighted by molar-refractivity contribution is 7.22. The minimum Gasteiger partial charge on any atom is -0.477 e. The van der Waals surface area contributed by atoms with Gasteiger partial charge in [0, 0.05) is 19.7 Å². The van der Waals surface area contributed by atoms with Crippen LogP contribution in [0.4, 0.5) is 9.39 Å². The zero-order valence-corrected chi connectivity index (χ0v) is 12.9. The standard InChI is InChI=1S/C16H12FNO4S/c1-18(8-9-3-2-4-10(17)5-9)14-7-12-13(23-14)6-11(15(19)20)16(21)22-12/h2-7H,8H2,1H3,(H,19,20). The number of rotatable bonds is 4. The molecule has 0 aliphatic heterocycles. The van der Waals surface area contributed by atoms with Crippen LogP contribution >= 0.6 is 11.3 Å². The van der Waals surface area contributed by atoms with Crippen LogP contribution in [0.2, 0.25) is 0 Å². The molecular weight excluding hydrogens is 321 g/mol. The molecule has 0 aliphatic carbocycles. The number of carboxylic acids is 1. The molecule has 3 aromatic rings. The van der Waals surface area contributed by atoms with E-state index in [0.29, 0.717) is 16.8 Å². The molecule has 23 heavy (non-hydrogen) atoms. The zero-order valence-electron chi connectivity index (χ0n) is 12.1. The smallest absolute Gasteiger partial charge is 0.351 e. The number of anilines is 1. The molecule has 0 fully saturated rings. The molecule has 0 amide bonds. The summed E-state index contributed by atoms with van der Waals surface area (Å²) in [4.78, 5) is 24.4. The number of carboxylic acid groups (broad SMARTS) is 1. The number of hydrogen-bond donors (Lipinski definition) is 1. The van der Waals surface area contributed by atoms with Crippen molar-refractivity contribution in [3.63, 3.8) is 0 Å². The predicted molar refractivity (Wildman–Crippen MR) is 85.8 cm³/mol. The Balaban J connectivity index is 1.93. The third-order valence-corrected chi connectivity index (χ3v) is 4.50. The molecule has 1 N–H and O–H groups in total. The monoisotopic (exact) mass is 333 g/mol. The van der Waals surface area contributed by atoms with Crippen LogP contribution in [0, 0.1) is 5.82 Å². The van der Waals surface area contributed by atoms with E-state index in [0.717, 1.165) is 10.6 Å². The van der Waals surface area contributed by atoms with E-state index in [4.69, 9.17) is 9.52 Å². The van der Waals surface area contributed by atoms with E-state index in [1.54, 1.807) is 12.1 Å². The summed E-state index contributed by atoms with van der Waals surface area (Å²) < 4.78 is 18.8. The van der Waals surface area contributed by atoms with Crippen LogP contribution in [-0.2, 0) is 6.54 Å². The summed E-state index contributed by atoms with van der Waals surface area (Å²) in [5.74, 6) is -1.62. The second-order valence-electron chi connectivity index (χ2n) is 5.05. The number of fused-ring (bicyclic) bond motifs is 1. The van der Waals surface area contributed by atoms with Crippen molar-refractivity contribution in [1.82, 2.24) is 0 Å². The van der Waals surface area contributed by atoms with Crippen LogP contribution in [0.1, 0.15) is 15.9 Å². The van der Waals surface area contributed by atoms with Crippen LogP contribution in [0.3, 0.4) is 0 Å². The van der Waals surface area contributed by atoms with E-state index in [2.05, 4.69) is 0 Å². The van der Waals surface area contributed by atoms with Crippen molar-refractivity contribution in [3.05, 3.63) is 63.8 Å². The normalized spacial score (nSPS) is 10.9. The van der Waals surface area contributed by atoms with Crippen LogP contribution in [0.5, 0.6) is 0 Å². The number of hydrogen-bond acceptors (Lipinski definition) is 5. The highest BCUT2D eigenvalue weighted by Crippen LogP contribution is 2.32. The molecule has 0 spiro atoms. The number of thiophene rings is 1. The first-order valence-electron chi connectivity index (χ1n) is 6.70. The SMILES string of the molecule is CN(Cc1cccc(F)c1)c1cc2oc(=O)c(C(=O)O)cc2s1. The Hall–Kier alpha value is -2.67. The summed E-state index contributed by atoms with van der Waals surface area (Å²) in [5.41, 5.74) is -0.121. The van der Waals surface area contributed by atoms with Gasteiger partial charge < -0.3 is 14.4 Å². The molecule has 7 heteroatoms. The molecule has 2 heterocycles. The lowest BCUT2D eigenvalue weighted by molar-refractivity contribution is 0.0692. The summed E-state index contributed by atoms with van der Waals surface area (Å²) in [6.45, 7) is 0.473. The predicted octanol–water partition coefficient (Wildman–Crippen LogP) is 3.33. The molecule has 0 saturated heterocycles. The molecule has 118 valence electrons. The quantitative estimate of drug-likeness (QED) is 0.793. The maximum atomic E-state index is 13.2. The van der Waals surface area contributed by atoms with Gasteiger partial charge in [-0.2, -0.15) is 0 Å². The van der Waals surface area contributed by atoms with Crippen molar-refractivity contribution in [3.8, 4) is 0 Å². The summed E-state index contributed by atoms with van der Waals surface area (Å²) in [7, 11) is 1.83. The Kier molecular flexibility index (Phi) is 3.87. The van der Waals surface area contributed by atoms with Crippen LogP contribution in [0.15, 0.2) is 45.6 Å². The summed E-state index contributed by atoms with van der Waals surface area (Å²) in [5, 5.41) is 9.75. The Labute approximate surface area is 134 Å². The molecule has 0 unspecified atom stereocenters. The average molecular weight is 333 g/mol. The molecule has 0 atom stereocenters. The third kappa shape index (κ3) is 3.09. The molecule has 5 nitrogen and oxygen atoms in total. The molecule has 0 radical (unpaired) electrons. The molecular formula is C16H12FNO4S. The Morgan fingerprint density at radius 3 is 2.83 bits per heavy atom. The first kappa shape index (κ1) is 15.2. The zero-order chi connectivity index (χ0) is 16.6. The minimum absolute atomic E-state index is 0.302. The number of aromatic carboxylic acids is 1. The number of benzene rings is 1. The van der Waals surface area contributed by atoms with Gasteiger partial charge in [-0.15, -0.1) is 11.3 Å². The van der Waals surface area contributed by atoms with Crippen molar-refractivity contribution in [2.45, 2.75) is 6.54 Å². The van der Waals surface area contributed by atoms with E-state index in [1.807, 2.05) is 18.0 Å². The van der Waals surface area contributed by atoms with E-state index in [1.165, 1.54) is 29.5 Å². The first-order chi connectivity index (χ1) is 10.9. The van der Waals surface area contributed by atoms with Gasteiger partial charge in [0.25, 0.3) is 0 Å². The highest BCUT2D eigenvalue weighted by Gasteiger charge is 2.15. The van der Waals surface area contributed by atoms with Gasteiger partial charge >= 0.3 is 11.6 Å². The van der Waals surface area contributed by atoms with Crippen molar-refractivity contribution in [1.29, 1.82) is 0 Å². The van der Waals surface area contributed by atoms with Gasteiger partial charge in [-0.25, -0.2) is 14.0 Å². The Bertz CT molecular complexity index is 947. The number of halogens is 1. The molecule has 3 rings (SSSR count). The van der Waals surface area contributed by atoms with Gasteiger partial charge in [0.05, 0.1) is 9.70 Å². The second-order valence-corrected chi connectivity index (χ2v) is 6.11. The maximum absolute atomic E-state index is 13.2. The van der Waals surface area contributed by atoms with Crippen LogP contribution in [0.25, 0.3) is 10.3 Å².